The molecule has 0 atom stereocenters. The molecule has 0 unspecified atom stereocenters. The van der Waals surface area contributed by atoms with Gasteiger partial charge in [-0.2, -0.15) is 0 Å². The average Bonchev–Trinajstić information content (AvgIpc) is 2.84. The van der Waals surface area contributed by atoms with Crippen molar-refractivity contribution in [2.24, 2.45) is 5.73 Å². The molecule has 0 amide bonds. The highest BCUT2D eigenvalue weighted by atomic mass is 79.9. The number of hydrogen-bond donors (Lipinski definition) is 1. The Morgan fingerprint density at radius 2 is 2.07 bits per heavy atom. The van der Waals surface area contributed by atoms with Crippen molar-refractivity contribution in [3.8, 4) is 0 Å². The van der Waals surface area contributed by atoms with Gasteiger partial charge in [-0.15, -0.1) is 0 Å². The highest BCUT2D eigenvalue weighted by Crippen LogP contribution is 2.51. The summed E-state index contributed by atoms with van der Waals surface area (Å²) < 4.78 is 1.06. The van der Waals surface area contributed by atoms with Crippen LogP contribution in [0.1, 0.15) is 24.8 Å². The fourth-order valence-corrected chi connectivity index (χ4v) is 2.83. The van der Waals surface area contributed by atoms with E-state index in [-0.39, 0.29) is 0 Å². The van der Waals surface area contributed by atoms with Crippen LogP contribution in [0.5, 0.6) is 0 Å². The fraction of sp³-hybridized carbons (Fsp3) is 0.455. The van der Waals surface area contributed by atoms with Crippen molar-refractivity contribution >= 4 is 27.5 Å². The van der Waals surface area contributed by atoms with E-state index in [1.807, 2.05) is 6.07 Å². The first-order chi connectivity index (χ1) is 6.66. The predicted octanol–water partition coefficient (Wildman–Crippen LogP) is 3.48. The van der Waals surface area contributed by atoms with E-state index in [9.17, 15) is 0 Å². The summed E-state index contributed by atoms with van der Waals surface area (Å²) in [4.78, 5) is 0. The lowest BCUT2D eigenvalue weighted by molar-refractivity contribution is 0.629. The second-order valence-corrected chi connectivity index (χ2v) is 5.33. The van der Waals surface area contributed by atoms with E-state index in [1.165, 1.54) is 18.4 Å². The molecule has 76 valence electrons. The van der Waals surface area contributed by atoms with Crippen molar-refractivity contribution in [1.82, 2.24) is 0 Å². The lowest BCUT2D eigenvalue weighted by Crippen LogP contribution is -2.13. The molecule has 0 aliphatic heterocycles. The van der Waals surface area contributed by atoms with Crippen LogP contribution in [0.15, 0.2) is 22.7 Å². The molecule has 0 heterocycles. The van der Waals surface area contributed by atoms with Crippen molar-refractivity contribution in [3.63, 3.8) is 0 Å². The van der Waals surface area contributed by atoms with Gasteiger partial charge in [-0.25, -0.2) is 0 Å². The minimum atomic E-state index is 0.335. The van der Waals surface area contributed by atoms with Crippen molar-refractivity contribution in [3.05, 3.63) is 33.3 Å². The molecule has 1 aliphatic rings. The zero-order valence-corrected chi connectivity index (χ0v) is 10.2. The standard InChI is InChI=1S/C11H13BrClN/c12-9-5-8(6-10(13)7-9)11(1-2-11)3-4-14/h5-7H,1-4,14H2. The minimum Gasteiger partial charge on any atom is -0.330 e. The van der Waals surface area contributed by atoms with E-state index in [1.54, 1.807) is 0 Å². The number of rotatable bonds is 3. The topological polar surface area (TPSA) is 26.0 Å². The van der Waals surface area contributed by atoms with Gasteiger partial charge in [0.05, 0.1) is 0 Å². The molecule has 1 fully saturated rings. The third kappa shape index (κ3) is 1.97. The Hall–Kier alpha value is -0.0500. The Morgan fingerprint density at radius 3 is 2.57 bits per heavy atom. The number of benzene rings is 1. The Labute approximate surface area is 97.8 Å². The third-order valence-corrected chi connectivity index (χ3v) is 3.63. The second kappa shape index (κ2) is 3.84. The van der Waals surface area contributed by atoms with E-state index in [0.717, 1.165) is 22.5 Å². The summed E-state index contributed by atoms with van der Waals surface area (Å²) in [7, 11) is 0. The van der Waals surface area contributed by atoms with Gasteiger partial charge < -0.3 is 5.73 Å². The third-order valence-electron chi connectivity index (χ3n) is 2.95. The predicted molar refractivity (Wildman–Crippen MR) is 63.7 cm³/mol. The molecule has 0 saturated heterocycles. The maximum atomic E-state index is 6.02. The Bertz CT molecular complexity index is 327. The van der Waals surface area contributed by atoms with Gasteiger partial charge in [-0.1, -0.05) is 27.5 Å². The van der Waals surface area contributed by atoms with Crippen LogP contribution in [0, 0.1) is 0 Å². The molecule has 1 aromatic carbocycles. The number of hydrogen-bond acceptors (Lipinski definition) is 1. The van der Waals surface area contributed by atoms with Gasteiger partial charge in [0.2, 0.25) is 0 Å². The summed E-state index contributed by atoms with van der Waals surface area (Å²) in [6.07, 6.45) is 3.56. The first kappa shape index (κ1) is 10.5. The molecular formula is C11H13BrClN. The Kier molecular flexibility index (Phi) is 2.87. The van der Waals surface area contributed by atoms with Crippen molar-refractivity contribution in [2.45, 2.75) is 24.7 Å². The average molecular weight is 275 g/mol. The summed E-state index contributed by atoms with van der Waals surface area (Å²) in [6, 6.07) is 6.15. The van der Waals surface area contributed by atoms with Crippen LogP contribution >= 0.6 is 27.5 Å². The highest BCUT2D eigenvalue weighted by Gasteiger charge is 2.43. The van der Waals surface area contributed by atoms with Crippen molar-refractivity contribution < 1.29 is 0 Å². The normalized spacial score (nSPS) is 18.2. The summed E-state index contributed by atoms with van der Waals surface area (Å²) in [5, 5.41) is 0.803. The molecule has 1 nitrogen and oxygen atoms in total. The molecule has 2 rings (SSSR count). The lowest BCUT2D eigenvalue weighted by atomic mass is 9.93. The van der Waals surface area contributed by atoms with Crippen LogP contribution in [0.25, 0.3) is 0 Å². The summed E-state index contributed by atoms with van der Waals surface area (Å²) in [5.74, 6) is 0. The van der Waals surface area contributed by atoms with Crippen LogP contribution < -0.4 is 5.73 Å². The molecule has 1 aliphatic carbocycles. The summed E-state index contributed by atoms with van der Waals surface area (Å²) in [6.45, 7) is 0.754. The molecule has 0 bridgehead atoms. The van der Waals surface area contributed by atoms with E-state index < -0.39 is 0 Å². The Morgan fingerprint density at radius 1 is 1.36 bits per heavy atom. The van der Waals surface area contributed by atoms with Gasteiger partial charge >= 0.3 is 0 Å². The Balaban J connectivity index is 2.32. The van der Waals surface area contributed by atoms with E-state index in [2.05, 4.69) is 28.1 Å². The smallest absolute Gasteiger partial charge is 0.0420 e. The molecular weight excluding hydrogens is 261 g/mol. The monoisotopic (exact) mass is 273 g/mol. The molecule has 14 heavy (non-hydrogen) atoms. The molecule has 2 N–H and O–H groups in total. The van der Waals surface area contributed by atoms with Crippen molar-refractivity contribution in [1.29, 1.82) is 0 Å². The van der Waals surface area contributed by atoms with E-state index >= 15 is 0 Å². The minimum absolute atomic E-state index is 0.335. The first-order valence-electron chi connectivity index (χ1n) is 4.83. The van der Waals surface area contributed by atoms with Crippen molar-refractivity contribution in [2.75, 3.05) is 6.54 Å². The molecule has 1 aromatic rings. The zero-order chi connectivity index (χ0) is 10.2. The van der Waals surface area contributed by atoms with Gasteiger partial charge in [0, 0.05) is 9.50 Å². The maximum Gasteiger partial charge on any atom is 0.0420 e. The quantitative estimate of drug-likeness (QED) is 0.897. The second-order valence-electron chi connectivity index (χ2n) is 3.98. The van der Waals surface area contributed by atoms with Crippen LogP contribution in [-0.2, 0) is 5.41 Å². The van der Waals surface area contributed by atoms with Crippen LogP contribution in [0.4, 0.5) is 0 Å². The molecule has 3 heteroatoms. The largest absolute Gasteiger partial charge is 0.330 e. The first-order valence-corrected chi connectivity index (χ1v) is 6.00. The highest BCUT2D eigenvalue weighted by molar-refractivity contribution is 9.10. The van der Waals surface area contributed by atoms with Crippen LogP contribution in [-0.4, -0.2) is 6.54 Å². The molecule has 0 aromatic heterocycles. The maximum absolute atomic E-state index is 6.02. The van der Waals surface area contributed by atoms with E-state index in [0.29, 0.717) is 5.41 Å². The number of halogens is 2. The van der Waals surface area contributed by atoms with Gasteiger partial charge in [0.15, 0.2) is 0 Å². The fourth-order valence-electron chi connectivity index (χ4n) is 1.97. The molecule has 0 spiro atoms. The van der Waals surface area contributed by atoms with Crippen LogP contribution in [0.3, 0.4) is 0 Å². The van der Waals surface area contributed by atoms with Gasteiger partial charge in [0.1, 0.15) is 0 Å². The molecule has 0 radical (unpaired) electrons. The summed E-state index contributed by atoms with van der Waals surface area (Å²) in [5.41, 5.74) is 7.29. The van der Waals surface area contributed by atoms with Gasteiger partial charge in [-0.3, -0.25) is 0 Å². The summed E-state index contributed by atoms with van der Waals surface area (Å²) >= 11 is 9.49. The van der Waals surface area contributed by atoms with E-state index in [4.69, 9.17) is 17.3 Å². The molecule has 1 saturated carbocycles. The SMILES string of the molecule is NCCC1(c2cc(Cl)cc(Br)c2)CC1. The van der Waals surface area contributed by atoms with Gasteiger partial charge in [0.25, 0.3) is 0 Å². The number of nitrogens with two attached hydrogens (primary N) is 1. The lowest BCUT2D eigenvalue weighted by Gasteiger charge is -2.15. The zero-order valence-electron chi connectivity index (χ0n) is 7.89. The van der Waals surface area contributed by atoms with Gasteiger partial charge in [-0.05, 0) is 55.0 Å². The van der Waals surface area contributed by atoms with Crippen LogP contribution in [0.2, 0.25) is 5.02 Å².